The first-order valence-corrected chi connectivity index (χ1v) is 5.16. The molecule has 0 aromatic carbocycles. The van der Waals surface area contributed by atoms with E-state index < -0.39 is 6.10 Å². The van der Waals surface area contributed by atoms with Gasteiger partial charge in [-0.15, -0.1) is 6.42 Å². The molecular weight excluding hydrogens is 172 g/mol. The third kappa shape index (κ3) is 2.75. The summed E-state index contributed by atoms with van der Waals surface area (Å²) in [4.78, 5) is 0. The van der Waals surface area contributed by atoms with Gasteiger partial charge in [-0.3, -0.25) is 0 Å². The van der Waals surface area contributed by atoms with Crippen molar-refractivity contribution in [3.63, 3.8) is 0 Å². The van der Waals surface area contributed by atoms with Crippen molar-refractivity contribution in [2.75, 3.05) is 0 Å². The highest BCUT2D eigenvalue weighted by Crippen LogP contribution is 2.28. The quantitative estimate of drug-likeness (QED) is 0.664. The maximum Gasteiger partial charge on any atom is 0.136 e. The van der Waals surface area contributed by atoms with Crippen LogP contribution >= 0.6 is 0 Å². The molecule has 1 rings (SSSR count). The van der Waals surface area contributed by atoms with E-state index in [2.05, 4.69) is 25.8 Å². The second-order valence-electron chi connectivity index (χ2n) is 4.05. The molecule has 0 spiro atoms. The van der Waals surface area contributed by atoms with Gasteiger partial charge in [0.1, 0.15) is 6.10 Å². The Balaban J connectivity index is 2.98. The van der Waals surface area contributed by atoms with Gasteiger partial charge in [0.15, 0.2) is 0 Å². The molecule has 1 heteroatoms. The summed E-state index contributed by atoms with van der Waals surface area (Å²) in [6, 6.07) is 0. The first-order valence-electron chi connectivity index (χ1n) is 5.16. The molecule has 1 N–H and O–H groups in total. The number of terminal acetylenes is 1. The highest BCUT2D eigenvalue weighted by Gasteiger charge is 2.16. The molecule has 0 aliphatic heterocycles. The summed E-state index contributed by atoms with van der Waals surface area (Å²) in [6.45, 7) is 4.14. The van der Waals surface area contributed by atoms with Crippen molar-refractivity contribution in [3.05, 3.63) is 22.8 Å². The summed E-state index contributed by atoms with van der Waals surface area (Å²) in [5.74, 6) is 2.41. The van der Waals surface area contributed by atoms with E-state index in [9.17, 15) is 5.11 Å². The zero-order chi connectivity index (χ0) is 10.6. The monoisotopic (exact) mass is 190 g/mol. The third-order valence-electron chi connectivity index (χ3n) is 2.51. The maximum absolute atomic E-state index is 9.64. The Morgan fingerprint density at radius 3 is 2.64 bits per heavy atom. The number of rotatable bonds is 2. The molecule has 0 saturated heterocycles. The smallest absolute Gasteiger partial charge is 0.136 e. The van der Waals surface area contributed by atoms with Crippen LogP contribution in [-0.2, 0) is 0 Å². The molecule has 0 aromatic heterocycles. The fourth-order valence-electron chi connectivity index (χ4n) is 1.88. The molecule has 0 fully saturated rings. The van der Waals surface area contributed by atoms with Crippen LogP contribution < -0.4 is 0 Å². The van der Waals surface area contributed by atoms with Crippen molar-refractivity contribution in [3.8, 4) is 12.3 Å². The van der Waals surface area contributed by atoms with E-state index in [0.29, 0.717) is 0 Å². The largest absolute Gasteiger partial charge is 0.376 e. The number of allylic oxidation sites excluding steroid dienone is 3. The second-order valence-corrected chi connectivity index (χ2v) is 4.05. The van der Waals surface area contributed by atoms with E-state index in [4.69, 9.17) is 6.42 Å². The van der Waals surface area contributed by atoms with E-state index >= 15 is 0 Å². The predicted octanol–water partition coefficient (Wildman–Crippen LogP) is 2.82. The number of hydrogen-bond donors (Lipinski definition) is 1. The third-order valence-corrected chi connectivity index (χ3v) is 2.51. The van der Waals surface area contributed by atoms with Crippen LogP contribution in [0.15, 0.2) is 22.8 Å². The Hall–Kier alpha value is -1.00. The molecule has 0 radical (unpaired) electrons. The fraction of sp³-hybridized carbons (Fsp3) is 0.538. The van der Waals surface area contributed by atoms with Gasteiger partial charge in [0, 0.05) is 0 Å². The SMILES string of the molecule is C#CC(O)C1=C(C=C(C)C)CCCC1. The van der Waals surface area contributed by atoms with E-state index in [0.717, 1.165) is 24.8 Å². The van der Waals surface area contributed by atoms with Gasteiger partial charge in [0.25, 0.3) is 0 Å². The van der Waals surface area contributed by atoms with Crippen LogP contribution in [0.1, 0.15) is 39.5 Å². The lowest BCUT2D eigenvalue weighted by atomic mass is 9.88. The van der Waals surface area contributed by atoms with Crippen molar-refractivity contribution in [2.24, 2.45) is 0 Å². The lowest BCUT2D eigenvalue weighted by molar-refractivity contribution is 0.259. The summed E-state index contributed by atoms with van der Waals surface area (Å²) in [5, 5.41) is 9.64. The Kier molecular flexibility index (Phi) is 3.98. The molecule has 1 aliphatic rings. The zero-order valence-corrected chi connectivity index (χ0v) is 9.01. The summed E-state index contributed by atoms with van der Waals surface area (Å²) in [5.41, 5.74) is 3.57. The minimum Gasteiger partial charge on any atom is -0.376 e. The lowest BCUT2D eigenvalue weighted by Gasteiger charge is -2.20. The van der Waals surface area contributed by atoms with Gasteiger partial charge < -0.3 is 5.11 Å². The van der Waals surface area contributed by atoms with Crippen molar-refractivity contribution in [2.45, 2.75) is 45.6 Å². The predicted molar refractivity (Wildman–Crippen MR) is 59.8 cm³/mol. The molecule has 14 heavy (non-hydrogen) atoms. The molecule has 0 saturated carbocycles. The standard InChI is InChI=1S/C13H18O/c1-4-13(14)12-8-6-5-7-11(12)9-10(2)3/h1,9,13-14H,5-8H2,2-3H3. The van der Waals surface area contributed by atoms with E-state index in [1.165, 1.54) is 17.6 Å². The highest BCUT2D eigenvalue weighted by molar-refractivity contribution is 5.35. The molecule has 1 aliphatic carbocycles. The van der Waals surface area contributed by atoms with E-state index in [-0.39, 0.29) is 0 Å². The summed E-state index contributed by atoms with van der Waals surface area (Å²) in [6.07, 6.45) is 11.1. The van der Waals surface area contributed by atoms with Gasteiger partial charge in [0.05, 0.1) is 0 Å². The fourth-order valence-corrected chi connectivity index (χ4v) is 1.88. The molecular formula is C13H18O. The van der Waals surface area contributed by atoms with E-state index in [1.54, 1.807) is 0 Å². The van der Waals surface area contributed by atoms with Gasteiger partial charge in [-0.2, -0.15) is 0 Å². The molecule has 1 unspecified atom stereocenters. The minimum atomic E-state index is -0.680. The van der Waals surface area contributed by atoms with Crippen LogP contribution in [0, 0.1) is 12.3 Å². The average Bonchev–Trinajstić information content (AvgIpc) is 2.16. The molecule has 1 nitrogen and oxygen atoms in total. The first kappa shape index (κ1) is 11.1. The second kappa shape index (κ2) is 5.02. The Morgan fingerprint density at radius 1 is 1.43 bits per heavy atom. The minimum absolute atomic E-state index is 0.680. The van der Waals surface area contributed by atoms with Crippen LogP contribution in [0.2, 0.25) is 0 Å². The Bertz CT molecular complexity index is 298. The Morgan fingerprint density at radius 2 is 2.07 bits per heavy atom. The van der Waals surface area contributed by atoms with Crippen LogP contribution in [0.4, 0.5) is 0 Å². The van der Waals surface area contributed by atoms with Crippen LogP contribution in [0.5, 0.6) is 0 Å². The van der Waals surface area contributed by atoms with Gasteiger partial charge >= 0.3 is 0 Å². The van der Waals surface area contributed by atoms with Gasteiger partial charge in [-0.1, -0.05) is 17.6 Å². The van der Waals surface area contributed by atoms with Gasteiger partial charge in [-0.05, 0) is 50.7 Å². The summed E-state index contributed by atoms with van der Waals surface area (Å²) < 4.78 is 0. The summed E-state index contributed by atoms with van der Waals surface area (Å²) >= 11 is 0. The molecule has 0 bridgehead atoms. The van der Waals surface area contributed by atoms with Crippen LogP contribution in [0.3, 0.4) is 0 Å². The first-order chi connectivity index (χ1) is 6.65. The average molecular weight is 190 g/mol. The van der Waals surface area contributed by atoms with Crippen molar-refractivity contribution in [1.29, 1.82) is 0 Å². The van der Waals surface area contributed by atoms with Crippen molar-refractivity contribution >= 4 is 0 Å². The highest BCUT2D eigenvalue weighted by atomic mass is 16.3. The van der Waals surface area contributed by atoms with Gasteiger partial charge in [0.2, 0.25) is 0 Å². The summed E-state index contributed by atoms with van der Waals surface area (Å²) in [7, 11) is 0. The number of hydrogen-bond acceptors (Lipinski definition) is 1. The normalized spacial score (nSPS) is 18.7. The molecule has 76 valence electrons. The zero-order valence-electron chi connectivity index (χ0n) is 9.01. The Labute approximate surface area is 86.5 Å². The van der Waals surface area contributed by atoms with Crippen LogP contribution in [-0.4, -0.2) is 11.2 Å². The van der Waals surface area contributed by atoms with Crippen LogP contribution in [0.25, 0.3) is 0 Å². The maximum atomic E-state index is 9.64. The molecule has 0 amide bonds. The molecule has 0 aromatic rings. The van der Waals surface area contributed by atoms with Gasteiger partial charge in [-0.25, -0.2) is 0 Å². The topological polar surface area (TPSA) is 20.2 Å². The number of aliphatic hydroxyl groups is 1. The van der Waals surface area contributed by atoms with Crippen molar-refractivity contribution < 1.29 is 5.11 Å². The lowest BCUT2D eigenvalue weighted by Crippen LogP contribution is -2.12. The van der Waals surface area contributed by atoms with E-state index in [1.807, 2.05) is 0 Å². The van der Waals surface area contributed by atoms with Crippen molar-refractivity contribution in [1.82, 2.24) is 0 Å². The molecule has 1 atom stereocenters. The molecule has 0 heterocycles. The number of aliphatic hydroxyl groups excluding tert-OH is 1.